The third-order valence-electron chi connectivity index (χ3n) is 6.43. The number of carbonyl (C=O) groups is 1. The molecule has 2 saturated heterocycles. The van der Waals surface area contributed by atoms with E-state index in [9.17, 15) is 10.1 Å². The fourth-order valence-corrected chi connectivity index (χ4v) is 4.61. The second-order valence-electron chi connectivity index (χ2n) is 8.56. The number of nitrogens with one attached hydrogen (secondary N) is 2. The van der Waals surface area contributed by atoms with E-state index in [0.29, 0.717) is 6.04 Å². The molecule has 2 aromatic carbocycles. The largest absolute Gasteiger partial charge is 0.382 e. The zero-order valence-electron chi connectivity index (χ0n) is 18.4. The quantitative estimate of drug-likeness (QED) is 0.799. The number of anilines is 2. The van der Waals surface area contributed by atoms with E-state index in [-0.39, 0.29) is 5.91 Å². The van der Waals surface area contributed by atoms with Gasteiger partial charge in [0.2, 0.25) is 0 Å². The summed E-state index contributed by atoms with van der Waals surface area (Å²) in [4.78, 5) is 17.3. The van der Waals surface area contributed by atoms with E-state index in [1.807, 2.05) is 42.2 Å². The van der Waals surface area contributed by atoms with E-state index in [4.69, 9.17) is 0 Å². The molecule has 31 heavy (non-hydrogen) atoms. The maximum Gasteiger partial charge on any atom is 0.254 e. The number of benzene rings is 2. The summed E-state index contributed by atoms with van der Waals surface area (Å²) in [7, 11) is 0. The van der Waals surface area contributed by atoms with Crippen LogP contribution in [0, 0.1) is 25.2 Å². The van der Waals surface area contributed by atoms with Crippen molar-refractivity contribution in [3.63, 3.8) is 0 Å². The van der Waals surface area contributed by atoms with Crippen LogP contribution in [-0.4, -0.2) is 56.1 Å². The molecular weight excluding hydrogens is 386 g/mol. The Bertz CT molecular complexity index is 982. The van der Waals surface area contributed by atoms with Gasteiger partial charge in [0.25, 0.3) is 5.91 Å². The molecule has 0 radical (unpaired) electrons. The average molecular weight is 418 g/mol. The maximum absolute atomic E-state index is 13.1. The Kier molecular flexibility index (Phi) is 6.43. The summed E-state index contributed by atoms with van der Waals surface area (Å²) in [6, 6.07) is 14.6. The summed E-state index contributed by atoms with van der Waals surface area (Å²) in [5.74, 6) is 0.130. The van der Waals surface area contributed by atoms with Crippen LogP contribution in [0.5, 0.6) is 0 Å². The summed E-state index contributed by atoms with van der Waals surface area (Å²) in [5, 5.41) is 16.4. The molecule has 4 rings (SSSR count). The highest BCUT2D eigenvalue weighted by atomic mass is 16.2. The number of piperazine rings is 1. The fraction of sp³-hybridized carbons (Fsp3) is 0.440. The van der Waals surface area contributed by atoms with Crippen molar-refractivity contribution in [1.29, 1.82) is 5.26 Å². The smallest absolute Gasteiger partial charge is 0.254 e. The Morgan fingerprint density at radius 1 is 1.06 bits per heavy atom. The van der Waals surface area contributed by atoms with Gasteiger partial charge >= 0.3 is 0 Å². The van der Waals surface area contributed by atoms with Gasteiger partial charge in [0.1, 0.15) is 6.07 Å². The van der Waals surface area contributed by atoms with E-state index in [2.05, 4.69) is 34.6 Å². The van der Waals surface area contributed by atoms with Crippen LogP contribution in [0.25, 0.3) is 0 Å². The molecule has 2 aromatic rings. The van der Waals surface area contributed by atoms with Crippen molar-refractivity contribution in [1.82, 2.24) is 10.2 Å². The molecule has 0 aromatic heterocycles. The topological polar surface area (TPSA) is 71.4 Å². The number of para-hydroxylation sites is 1. The van der Waals surface area contributed by atoms with Gasteiger partial charge in [-0.3, -0.25) is 4.79 Å². The highest BCUT2D eigenvalue weighted by Crippen LogP contribution is 2.27. The second-order valence-corrected chi connectivity index (χ2v) is 8.56. The van der Waals surface area contributed by atoms with Crippen molar-refractivity contribution >= 4 is 17.3 Å². The lowest BCUT2D eigenvalue weighted by molar-refractivity contribution is 0.0735. The molecule has 0 spiro atoms. The first-order valence-electron chi connectivity index (χ1n) is 11.2. The molecular formula is C25H31N5O. The normalized spacial score (nSPS) is 17.3. The minimum absolute atomic E-state index is 0.130. The Hall–Kier alpha value is -3.04. The van der Waals surface area contributed by atoms with Gasteiger partial charge in [0.15, 0.2) is 0 Å². The van der Waals surface area contributed by atoms with Crippen molar-refractivity contribution in [2.45, 2.75) is 32.7 Å². The second kappa shape index (κ2) is 9.40. The van der Waals surface area contributed by atoms with Crippen LogP contribution in [0.1, 0.15) is 39.9 Å². The predicted molar refractivity (Wildman–Crippen MR) is 125 cm³/mol. The SMILES string of the molecule is Cc1cc(C)c(C(=O)N2CCNCC2)cc1NC1CCN(c2ccccc2C#N)CC1. The highest BCUT2D eigenvalue weighted by molar-refractivity contribution is 5.97. The first kappa shape index (κ1) is 21.2. The van der Waals surface area contributed by atoms with Gasteiger partial charge in [0, 0.05) is 56.6 Å². The Labute approximate surface area is 184 Å². The molecule has 0 bridgehead atoms. The summed E-state index contributed by atoms with van der Waals surface area (Å²) in [6.07, 6.45) is 1.99. The van der Waals surface area contributed by atoms with E-state index < -0.39 is 0 Å². The van der Waals surface area contributed by atoms with E-state index >= 15 is 0 Å². The summed E-state index contributed by atoms with van der Waals surface area (Å²) in [5.41, 5.74) is 5.83. The zero-order chi connectivity index (χ0) is 21.8. The number of carbonyl (C=O) groups excluding carboxylic acids is 1. The molecule has 6 heteroatoms. The molecule has 0 unspecified atom stereocenters. The van der Waals surface area contributed by atoms with Crippen molar-refractivity contribution in [2.75, 3.05) is 49.5 Å². The molecule has 162 valence electrons. The Morgan fingerprint density at radius 2 is 1.77 bits per heavy atom. The monoisotopic (exact) mass is 417 g/mol. The van der Waals surface area contributed by atoms with Gasteiger partial charge in [-0.25, -0.2) is 0 Å². The van der Waals surface area contributed by atoms with Crippen LogP contribution in [0.4, 0.5) is 11.4 Å². The maximum atomic E-state index is 13.1. The van der Waals surface area contributed by atoms with E-state index in [0.717, 1.165) is 80.2 Å². The lowest BCUT2D eigenvalue weighted by Crippen LogP contribution is -2.46. The molecule has 2 heterocycles. The number of rotatable bonds is 4. The van der Waals surface area contributed by atoms with Gasteiger partial charge in [-0.15, -0.1) is 0 Å². The number of nitriles is 1. The van der Waals surface area contributed by atoms with Gasteiger partial charge in [-0.1, -0.05) is 18.2 Å². The molecule has 2 N–H and O–H groups in total. The van der Waals surface area contributed by atoms with Crippen molar-refractivity contribution in [3.05, 3.63) is 58.7 Å². The van der Waals surface area contributed by atoms with Crippen LogP contribution in [0.3, 0.4) is 0 Å². The average Bonchev–Trinajstić information content (AvgIpc) is 2.81. The van der Waals surface area contributed by atoms with Crippen LogP contribution < -0.4 is 15.5 Å². The first-order chi connectivity index (χ1) is 15.1. The Morgan fingerprint density at radius 3 is 2.48 bits per heavy atom. The number of nitrogens with zero attached hydrogens (tertiary/aromatic N) is 3. The minimum Gasteiger partial charge on any atom is -0.382 e. The minimum atomic E-state index is 0.130. The van der Waals surface area contributed by atoms with Crippen LogP contribution in [0.2, 0.25) is 0 Å². The summed E-state index contributed by atoms with van der Waals surface area (Å²) >= 11 is 0. The number of amides is 1. The molecule has 1 amide bonds. The van der Waals surface area contributed by atoms with Gasteiger partial charge in [0.05, 0.1) is 11.3 Å². The van der Waals surface area contributed by atoms with Gasteiger partial charge < -0.3 is 20.4 Å². The molecule has 2 fully saturated rings. The lowest BCUT2D eigenvalue weighted by Gasteiger charge is -2.35. The zero-order valence-corrected chi connectivity index (χ0v) is 18.4. The molecule has 0 aliphatic carbocycles. The summed E-state index contributed by atoms with van der Waals surface area (Å²) < 4.78 is 0. The molecule has 6 nitrogen and oxygen atoms in total. The van der Waals surface area contributed by atoms with Crippen LogP contribution >= 0.6 is 0 Å². The third kappa shape index (κ3) is 4.67. The molecule has 2 aliphatic heterocycles. The van der Waals surface area contributed by atoms with Crippen LogP contribution in [0.15, 0.2) is 36.4 Å². The number of aryl methyl sites for hydroxylation is 2. The fourth-order valence-electron chi connectivity index (χ4n) is 4.61. The standard InChI is InChI=1S/C25H31N5O/c1-18-15-19(2)23(16-22(18)25(31)30-13-9-27-10-14-30)28-21-7-11-29(12-8-21)24-6-4-3-5-20(24)17-26/h3-6,15-16,21,27-28H,7-14H2,1-2H3. The van der Waals surface area contributed by atoms with Crippen molar-refractivity contribution in [3.8, 4) is 6.07 Å². The van der Waals surface area contributed by atoms with Crippen LogP contribution in [-0.2, 0) is 0 Å². The van der Waals surface area contributed by atoms with Crippen molar-refractivity contribution < 1.29 is 4.79 Å². The highest BCUT2D eigenvalue weighted by Gasteiger charge is 2.23. The predicted octanol–water partition coefficient (Wildman–Crippen LogP) is 3.30. The molecule has 2 aliphatic rings. The molecule has 0 saturated carbocycles. The first-order valence-corrected chi connectivity index (χ1v) is 11.2. The van der Waals surface area contributed by atoms with Crippen molar-refractivity contribution in [2.24, 2.45) is 0 Å². The van der Waals surface area contributed by atoms with Gasteiger partial charge in [-0.05, 0) is 56.0 Å². The van der Waals surface area contributed by atoms with E-state index in [1.54, 1.807) is 0 Å². The number of piperidine rings is 1. The number of hydrogen-bond donors (Lipinski definition) is 2. The Balaban J connectivity index is 1.44. The third-order valence-corrected chi connectivity index (χ3v) is 6.43. The summed E-state index contributed by atoms with van der Waals surface area (Å²) in [6.45, 7) is 9.19. The number of hydrogen-bond acceptors (Lipinski definition) is 5. The van der Waals surface area contributed by atoms with Gasteiger partial charge in [-0.2, -0.15) is 5.26 Å². The molecule has 0 atom stereocenters. The lowest BCUT2D eigenvalue weighted by atomic mass is 9.99. The van der Waals surface area contributed by atoms with E-state index in [1.165, 1.54) is 5.56 Å².